The third kappa shape index (κ3) is 4.90. The van der Waals surface area contributed by atoms with E-state index in [1.165, 1.54) is 6.92 Å². The number of carbonyl (C=O) groups excluding carboxylic acids is 2. The van der Waals surface area contributed by atoms with Crippen molar-refractivity contribution >= 4 is 11.7 Å². The Morgan fingerprint density at radius 3 is 2.40 bits per heavy atom. The molecule has 0 aliphatic heterocycles. The molecule has 0 rings (SSSR count). The van der Waals surface area contributed by atoms with Crippen molar-refractivity contribution in [2.75, 3.05) is 13.2 Å². The molecule has 1 amide bonds. The molecule has 0 bridgehead atoms. The first kappa shape index (κ1) is 14.1. The van der Waals surface area contributed by atoms with Crippen molar-refractivity contribution in [3.8, 4) is 0 Å². The summed E-state index contributed by atoms with van der Waals surface area (Å²) in [5.41, 5.74) is 5.01. The molecule has 0 radical (unpaired) electrons. The molecule has 0 saturated carbocycles. The first-order chi connectivity index (χ1) is 6.81. The van der Waals surface area contributed by atoms with Gasteiger partial charge in [0.05, 0.1) is 12.6 Å². The van der Waals surface area contributed by atoms with Gasteiger partial charge in [0.15, 0.2) is 0 Å². The maximum absolute atomic E-state index is 11.5. The zero-order valence-electron chi connectivity index (χ0n) is 9.54. The minimum atomic E-state index is -0.769. The zero-order valence-corrected chi connectivity index (χ0v) is 9.54. The van der Waals surface area contributed by atoms with E-state index in [9.17, 15) is 9.59 Å². The second-order valence-corrected chi connectivity index (χ2v) is 4.37. The highest BCUT2D eigenvalue weighted by atomic mass is 16.3. The summed E-state index contributed by atoms with van der Waals surface area (Å²) in [5, 5.41) is 11.6. The molecular formula is C10H20N2O3. The molecule has 1 atom stereocenters. The summed E-state index contributed by atoms with van der Waals surface area (Å²) in [4.78, 5) is 22.1. The summed E-state index contributed by atoms with van der Waals surface area (Å²) in [6, 6.07) is -0.769. The van der Waals surface area contributed by atoms with Crippen LogP contribution in [0.4, 0.5) is 0 Å². The van der Waals surface area contributed by atoms with E-state index in [2.05, 4.69) is 5.32 Å². The van der Waals surface area contributed by atoms with Crippen molar-refractivity contribution in [1.29, 1.82) is 0 Å². The second kappa shape index (κ2) is 5.82. The van der Waals surface area contributed by atoms with E-state index in [-0.39, 0.29) is 18.3 Å². The van der Waals surface area contributed by atoms with Crippen molar-refractivity contribution in [3.05, 3.63) is 0 Å². The number of aliphatic hydroxyl groups excluding tert-OH is 1. The number of nitrogens with two attached hydrogens (primary N) is 1. The van der Waals surface area contributed by atoms with Gasteiger partial charge in [-0.15, -0.1) is 0 Å². The van der Waals surface area contributed by atoms with Gasteiger partial charge >= 0.3 is 0 Å². The Labute approximate surface area is 90.0 Å². The molecule has 0 aromatic carbocycles. The molecule has 0 saturated heterocycles. The van der Waals surface area contributed by atoms with Crippen LogP contribution in [-0.2, 0) is 9.59 Å². The van der Waals surface area contributed by atoms with Gasteiger partial charge in [0, 0.05) is 18.4 Å². The Hall–Kier alpha value is -0.940. The predicted octanol–water partition coefficient (Wildman–Crippen LogP) is -0.572. The molecule has 0 aromatic heterocycles. The zero-order chi connectivity index (χ0) is 12.1. The quantitative estimate of drug-likeness (QED) is 0.554. The Kier molecular flexibility index (Phi) is 5.46. The van der Waals surface area contributed by atoms with Gasteiger partial charge in [-0.25, -0.2) is 0 Å². The highest BCUT2D eigenvalue weighted by Gasteiger charge is 2.31. The summed E-state index contributed by atoms with van der Waals surface area (Å²) in [6.45, 7) is 5.02. The lowest BCUT2D eigenvalue weighted by atomic mass is 9.85. The summed E-state index contributed by atoms with van der Waals surface area (Å²) >= 11 is 0. The molecule has 0 aliphatic carbocycles. The Morgan fingerprint density at radius 1 is 1.47 bits per heavy atom. The summed E-state index contributed by atoms with van der Waals surface area (Å²) in [6.07, 6.45) is 0.304. The maximum atomic E-state index is 11.5. The van der Waals surface area contributed by atoms with Crippen LogP contribution in [0.15, 0.2) is 0 Å². The number of amides is 1. The van der Waals surface area contributed by atoms with Crippen molar-refractivity contribution in [1.82, 2.24) is 5.32 Å². The average Bonchev–Trinajstić information content (AvgIpc) is 2.15. The van der Waals surface area contributed by atoms with Gasteiger partial charge < -0.3 is 16.2 Å². The van der Waals surface area contributed by atoms with Crippen molar-refractivity contribution in [3.63, 3.8) is 0 Å². The summed E-state index contributed by atoms with van der Waals surface area (Å²) in [5.74, 6) is -0.319. The fraction of sp³-hybridized carbons (Fsp3) is 0.800. The lowest BCUT2D eigenvalue weighted by molar-refractivity contribution is -0.125. The first-order valence-electron chi connectivity index (χ1n) is 4.95. The molecular weight excluding hydrogens is 196 g/mol. The van der Waals surface area contributed by atoms with Crippen LogP contribution in [0.5, 0.6) is 0 Å². The van der Waals surface area contributed by atoms with Crippen LogP contribution in [0, 0.1) is 5.41 Å². The normalized spacial score (nSPS) is 13.4. The highest BCUT2D eigenvalue weighted by molar-refractivity contribution is 5.83. The molecule has 15 heavy (non-hydrogen) atoms. The molecule has 88 valence electrons. The largest absolute Gasteiger partial charge is 0.396 e. The predicted molar refractivity (Wildman–Crippen MR) is 57.1 cm³/mol. The van der Waals surface area contributed by atoms with Gasteiger partial charge in [0.25, 0.3) is 0 Å². The molecule has 0 aromatic rings. The lowest BCUT2D eigenvalue weighted by Crippen LogP contribution is -2.51. The number of Topliss-reactive ketones (excluding diaryl/α,β-unsaturated/α-hetero) is 1. The van der Waals surface area contributed by atoms with Gasteiger partial charge in [0.2, 0.25) is 5.91 Å². The molecule has 1 unspecified atom stereocenters. The number of hydrogen-bond donors (Lipinski definition) is 3. The van der Waals surface area contributed by atoms with Gasteiger partial charge in [-0.1, -0.05) is 13.8 Å². The van der Waals surface area contributed by atoms with E-state index in [4.69, 9.17) is 10.8 Å². The molecule has 0 heterocycles. The van der Waals surface area contributed by atoms with Crippen molar-refractivity contribution in [2.45, 2.75) is 33.2 Å². The standard InChI is InChI=1S/C10H20N2O3/c1-7(14)4-5-12-9(15)8(11)10(2,3)6-13/h8,13H,4-6,11H2,1-3H3,(H,12,15). The van der Waals surface area contributed by atoms with Crippen LogP contribution in [-0.4, -0.2) is 36.0 Å². The van der Waals surface area contributed by atoms with E-state index in [0.29, 0.717) is 13.0 Å². The summed E-state index contributed by atoms with van der Waals surface area (Å²) in [7, 11) is 0. The fourth-order valence-electron chi connectivity index (χ4n) is 0.925. The third-order valence-electron chi connectivity index (χ3n) is 2.31. The Bertz CT molecular complexity index is 239. The van der Waals surface area contributed by atoms with Crippen LogP contribution in [0.1, 0.15) is 27.2 Å². The Balaban J connectivity index is 4.05. The SMILES string of the molecule is CC(=O)CCNC(=O)C(N)C(C)(C)CO. The highest BCUT2D eigenvalue weighted by Crippen LogP contribution is 2.17. The lowest BCUT2D eigenvalue weighted by Gasteiger charge is -2.28. The monoisotopic (exact) mass is 216 g/mol. The number of aliphatic hydroxyl groups is 1. The third-order valence-corrected chi connectivity index (χ3v) is 2.31. The van der Waals surface area contributed by atoms with Crippen LogP contribution in [0.25, 0.3) is 0 Å². The van der Waals surface area contributed by atoms with Crippen LogP contribution >= 0.6 is 0 Å². The molecule has 0 aliphatic rings. The maximum Gasteiger partial charge on any atom is 0.237 e. The fourth-order valence-corrected chi connectivity index (χ4v) is 0.925. The van der Waals surface area contributed by atoms with Gasteiger partial charge in [-0.05, 0) is 6.92 Å². The van der Waals surface area contributed by atoms with Gasteiger partial charge in [-0.2, -0.15) is 0 Å². The number of hydrogen-bond acceptors (Lipinski definition) is 4. The van der Waals surface area contributed by atoms with E-state index >= 15 is 0 Å². The topological polar surface area (TPSA) is 92.4 Å². The van der Waals surface area contributed by atoms with Crippen molar-refractivity contribution in [2.24, 2.45) is 11.1 Å². The molecule has 5 heteroatoms. The van der Waals surface area contributed by atoms with Crippen LogP contribution in [0.2, 0.25) is 0 Å². The van der Waals surface area contributed by atoms with E-state index in [1.807, 2.05) is 0 Å². The minimum Gasteiger partial charge on any atom is -0.396 e. The minimum absolute atomic E-state index is 0.0188. The molecule has 0 fully saturated rings. The van der Waals surface area contributed by atoms with E-state index < -0.39 is 11.5 Å². The summed E-state index contributed by atoms with van der Waals surface area (Å²) < 4.78 is 0. The van der Waals surface area contributed by atoms with Crippen LogP contribution < -0.4 is 11.1 Å². The molecule has 5 nitrogen and oxygen atoms in total. The average molecular weight is 216 g/mol. The van der Waals surface area contributed by atoms with E-state index in [1.54, 1.807) is 13.8 Å². The van der Waals surface area contributed by atoms with Gasteiger partial charge in [-0.3, -0.25) is 9.59 Å². The van der Waals surface area contributed by atoms with Crippen LogP contribution in [0.3, 0.4) is 0 Å². The van der Waals surface area contributed by atoms with Crippen molar-refractivity contribution < 1.29 is 14.7 Å². The van der Waals surface area contributed by atoms with E-state index in [0.717, 1.165) is 0 Å². The smallest absolute Gasteiger partial charge is 0.237 e. The number of carbonyl (C=O) groups is 2. The number of nitrogens with one attached hydrogen (secondary N) is 1. The first-order valence-corrected chi connectivity index (χ1v) is 4.95. The van der Waals surface area contributed by atoms with Gasteiger partial charge in [0.1, 0.15) is 5.78 Å². The molecule has 4 N–H and O–H groups in total. The second-order valence-electron chi connectivity index (χ2n) is 4.37. The number of ketones is 1. The Morgan fingerprint density at radius 2 is 2.00 bits per heavy atom. The number of rotatable bonds is 6. The molecule has 0 spiro atoms.